The summed E-state index contributed by atoms with van der Waals surface area (Å²) in [6.45, 7) is 3.19. The van der Waals surface area contributed by atoms with E-state index in [2.05, 4.69) is 33.7 Å². The summed E-state index contributed by atoms with van der Waals surface area (Å²) in [6.07, 6.45) is 2.98. The van der Waals surface area contributed by atoms with E-state index in [4.69, 9.17) is 0 Å². The van der Waals surface area contributed by atoms with E-state index in [0.29, 0.717) is 12.0 Å². The molecule has 3 rings (SSSR count). The zero-order chi connectivity index (χ0) is 20.7. The third-order valence-electron chi connectivity index (χ3n) is 5.60. The SMILES string of the molecule is COC(=O)c1ccc(CNS(=O)(=O)CCC[N+]2(c3ccccc3)CCCC2)cc1. The Morgan fingerprint density at radius 2 is 1.69 bits per heavy atom. The van der Waals surface area contributed by atoms with Crippen LogP contribution in [0.1, 0.15) is 35.2 Å². The number of carbonyl (C=O) groups is 1. The fourth-order valence-corrected chi connectivity index (χ4v) is 5.04. The first-order chi connectivity index (χ1) is 13.9. The van der Waals surface area contributed by atoms with Gasteiger partial charge < -0.3 is 4.74 Å². The number of benzene rings is 2. The summed E-state index contributed by atoms with van der Waals surface area (Å²) in [5.74, 6) is -0.297. The number of rotatable bonds is 9. The Kier molecular flexibility index (Phi) is 7.05. The van der Waals surface area contributed by atoms with Gasteiger partial charge in [0.05, 0.1) is 38.1 Å². The predicted octanol–water partition coefficient (Wildman–Crippen LogP) is 3.08. The molecular formula is C22H29N2O4S+. The second kappa shape index (κ2) is 9.52. The van der Waals surface area contributed by atoms with Crippen LogP contribution in [-0.4, -0.2) is 46.9 Å². The number of likely N-dealkylation sites (tertiary alicyclic amines) is 1. The molecule has 0 bridgehead atoms. The molecule has 156 valence electrons. The van der Waals surface area contributed by atoms with Crippen LogP contribution >= 0.6 is 0 Å². The molecule has 1 saturated heterocycles. The maximum absolute atomic E-state index is 12.4. The van der Waals surface area contributed by atoms with Gasteiger partial charge in [-0.15, -0.1) is 0 Å². The van der Waals surface area contributed by atoms with Crippen molar-refractivity contribution < 1.29 is 17.9 Å². The molecule has 7 heteroatoms. The molecule has 0 amide bonds. The van der Waals surface area contributed by atoms with Crippen molar-refractivity contribution in [3.63, 3.8) is 0 Å². The number of sulfonamides is 1. The van der Waals surface area contributed by atoms with Gasteiger partial charge in [0.1, 0.15) is 5.69 Å². The van der Waals surface area contributed by atoms with Crippen molar-refractivity contribution in [3.05, 3.63) is 65.7 Å². The Bertz CT molecular complexity index is 906. The first-order valence-corrected chi connectivity index (χ1v) is 11.7. The largest absolute Gasteiger partial charge is 0.465 e. The Hall–Kier alpha value is -2.22. The van der Waals surface area contributed by atoms with Crippen LogP contribution < -0.4 is 9.21 Å². The van der Waals surface area contributed by atoms with Crippen molar-refractivity contribution in [1.29, 1.82) is 0 Å². The van der Waals surface area contributed by atoms with Crippen LogP contribution in [0.25, 0.3) is 0 Å². The summed E-state index contributed by atoms with van der Waals surface area (Å²) in [5, 5.41) is 0. The first-order valence-electron chi connectivity index (χ1n) is 10.0. The number of carbonyl (C=O) groups excluding carboxylic acids is 1. The van der Waals surface area contributed by atoms with Crippen LogP contribution in [0.4, 0.5) is 5.69 Å². The van der Waals surface area contributed by atoms with Crippen molar-refractivity contribution in [1.82, 2.24) is 9.21 Å². The van der Waals surface area contributed by atoms with Gasteiger partial charge in [-0.25, -0.2) is 17.9 Å². The molecular weight excluding hydrogens is 388 g/mol. The molecule has 1 aliphatic heterocycles. The van der Waals surface area contributed by atoms with E-state index >= 15 is 0 Å². The minimum absolute atomic E-state index is 0.111. The summed E-state index contributed by atoms with van der Waals surface area (Å²) < 4.78 is 33.1. The topological polar surface area (TPSA) is 72.5 Å². The average Bonchev–Trinajstić information content (AvgIpc) is 3.23. The van der Waals surface area contributed by atoms with Crippen LogP contribution in [0.5, 0.6) is 0 Å². The smallest absolute Gasteiger partial charge is 0.337 e. The number of ether oxygens (including phenoxy) is 1. The maximum atomic E-state index is 12.4. The molecule has 1 N–H and O–H groups in total. The van der Waals surface area contributed by atoms with Gasteiger partial charge in [-0.2, -0.15) is 0 Å². The molecule has 2 aromatic carbocycles. The molecule has 0 aliphatic carbocycles. The van der Waals surface area contributed by atoms with Crippen LogP contribution in [0, 0.1) is 0 Å². The van der Waals surface area contributed by atoms with Gasteiger partial charge in [0.25, 0.3) is 0 Å². The van der Waals surface area contributed by atoms with Crippen molar-refractivity contribution in [2.24, 2.45) is 0 Å². The fourth-order valence-electron chi connectivity index (χ4n) is 4.00. The van der Waals surface area contributed by atoms with Gasteiger partial charge in [-0.1, -0.05) is 30.3 Å². The molecule has 1 aliphatic rings. The van der Waals surface area contributed by atoms with Gasteiger partial charge in [0.2, 0.25) is 10.0 Å². The van der Waals surface area contributed by atoms with Crippen molar-refractivity contribution >= 4 is 21.7 Å². The standard InChI is InChI=1S/C22H29N2O4S/c1-28-22(25)20-12-10-19(11-13-20)18-23-29(26,27)17-7-16-24(14-5-6-15-24)21-8-3-2-4-9-21/h2-4,8-13,23H,5-7,14-18H2,1H3/q+1. The lowest BCUT2D eigenvalue weighted by Gasteiger charge is -2.33. The van der Waals surface area contributed by atoms with Gasteiger partial charge in [-0.05, 0) is 29.8 Å². The van der Waals surface area contributed by atoms with E-state index < -0.39 is 16.0 Å². The highest BCUT2D eigenvalue weighted by atomic mass is 32.2. The lowest BCUT2D eigenvalue weighted by atomic mass is 10.1. The number of quaternary nitrogens is 1. The Morgan fingerprint density at radius 1 is 1.03 bits per heavy atom. The lowest BCUT2D eigenvalue weighted by molar-refractivity contribution is 0.0600. The minimum atomic E-state index is -3.36. The Labute approximate surface area is 173 Å². The highest BCUT2D eigenvalue weighted by molar-refractivity contribution is 7.89. The number of nitrogens with one attached hydrogen (secondary N) is 1. The number of esters is 1. The number of hydrogen-bond donors (Lipinski definition) is 1. The molecule has 1 heterocycles. The molecule has 6 nitrogen and oxygen atoms in total. The quantitative estimate of drug-likeness (QED) is 0.503. The zero-order valence-electron chi connectivity index (χ0n) is 16.8. The molecule has 29 heavy (non-hydrogen) atoms. The minimum Gasteiger partial charge on any atom is -0.465 e. The third-order valence-corrected chi connectivity index (χ3v) is 7.01. The lowest BCUT2D eigenvalue weighted by Crippen LogP contribution is -2.47. The van der Waals surface area contributed by atoms with Gasteiger partial charge in [0.15, 0.2) is 0 Å². The summed E-state index contributed by atoms with van der Waals surface area (Å²) in [7, 11) is -2.03. The van der Waals surface area contributed by atoms with Gasteiger partial charge in [-0.3, -0.25) is 4.48 Å². The van der Waals surface area contributed by atoms with E-state index in [1.807, 2.05) is 6.07 Å². The van der Waals surface area contributed by atoms with E-state index in [-0.39, 0.29) is 12.3 Å². The second-order valence-electron chi connectivity index (χ2n) is 7.54. The molecule has 0 radical (unpaired) electrons. The Balaban J connectivity index is 1.52. The van der Waals surface area contributed by atoms with Crippen molar-refractivity contribution in [2.75, 3.05) is 32.5 Å². The number of methoxy groups -OCH3 is 1. The number of nitrogens with zero attached hydrogens (tertiary/aromatic N) is 1. The summed E-state index contributed by atoms with van der Waals surface area (Å²) >= 11 is 0. The van der Waals surface area contributed by atoms with E-state index in [1.165, 1.54) is 25.6 Å². The fraction of sp³-hybridized carbons (Fsp3) is 0.409. The van der Waals surface area contributed by atoms with Crippen LogP contribution in [0.3, 0.4) is 0 Å². The number of hydrogen-bond acceptors (Lipinski definition) is 4. The van der Waals surface area contributed by atoms with Gasteiger partial charge >= 0.3 is 5.97 Å². The van der Waals surface area contributed by atoms with Gasteiger partial charge in [0, 0.05) is 25.8 Å². The second-order valence-corrected chi connectivity index (χ2v) is 9.47. The normalized spacial score (nSPS) is 15.9. The first kappa shape index (κ1) is 21.5. The zero-order valence-corrected chi connectivity index (χ0v) is 17.7. The molecule has 0 spiro atoms. The monoisotopic (exact) mass is 417 g/mol. The van der Waals surface area contributed by atoms with Crippen LogP contribution in [-0.2, 0) is 21.3 Å². The Morgan fingerprint density at radius 3 is 2.31 bits per heavy atom. The molecule has 2 aromatic rings. The molecule has 1 fully saturated rings. The molecule has 0 unspecified atom stereocenters. The van der Waals surface area contributed by atoms with Crippen LogP contribution in [0.2, 0.25) is 0 Å². The summed E-state index contributed by atoms with van der Waals surface area (Å²) in [6, 6.07) is 17.2. The van der Waals surface area contributed by atoms with Crippen molar-refractivity contribution in [2.45, 2.75) is 25.8 Å². The molecule has 0 saturated carbocycles. The third kappa shape index (κ3) is 5.65. The highest BCUT2D eigenvalue weighted by Gasteiger charge is 2.34. The number of para-hydroxylation sites is 1. The average molecular weight is 418 g/mol. The van der Waals surface area contributed by atoms with E-state index in [1.54, 1.807) is 24.3 Å². The van der Waals surface area contributed by atoms with Crippen LogP contribution in [0.15, 0.2) is 54.6 Å². The molecule has 0 aromatic heterocycles. The summed E-state index contributed by atoms with van der Waals surface area (Å²) in [4.78, 5) is 11.5. The maximum Gasteiger partial charge on any atom is 0.337 e. The van der Waals surface area contributed by atoms with E-state index in [9.17, 15) is 13.2 Å². The van der Waals surface area contributed by atoms with E-state index in [0.717, 1.165) is 29.7 Å². The van der Waals surface area contributed by atoms with Crippen molar-refractivity contribution in [3.8, 4) is 0 Å². The highest BCUT2D eigenvalue weighted by Crippen LogP contribution is 2.29. The summed E-state index contributed by atoms with van der Waals surface area (Å²) in [5.41, 5.74) is 2.52. The molecule has 0 atom stereocenters. The predicted molar refractivity (Wildman–Crippen MR) is 115 cm³/mol.